The Morgan fingerprint density at radius 2 is 1.90 bits per heavy atom. The number of carbonyl (C=O) groups is 1. The zero-order valence-corrected chi connectivity index (χ0v) is 12.5. The van der Waals surface area contributed by atoms with Crippen molar-refractivity contribution in [3.05, 3.63) is 24.3 Å². The van der Waals surface area contributed by atoms with Gasteiger partial charge in [0.05, 0.1) is 18.6 Å². The van der Waals surface area contributed by atoms with Crippen molar-refractivity contribution in [1.82, 2.24) is 0 Å². The van der Waals surface area contributed by atoms with Crippen LogP contribution in [-0.4, -0.2) is 33.8 Å². The summed E-state index contributed by atoms with van der Waals surface area (Å²) in [4.78, 5) is 11.0. The summed E-state index contributed by atoms with van der Waals surface area (Å²) < 4.78 is 30.3. The molecule has 0 aromatic heterocycles. The van der Waals surface area contributed by atoms with Crippen LogP contribution in [0.4, 0.5) is 11.4 Å². The van der Waals surface area contributed by atoms with Crippen LogP contribution < -0.4 is 10.0 Å². The molecule has 0 aliphatic carbocycles. The van der Waals surface area contributed by atoms with Gasteiger partial charge in [-0.25, -0.2) is 8.42 Å². The molecule has 20 heavy (non-hydrogen) atoms. The molecule has 7 heteroatoms. The van der Waals surface area contributed by atoms with Crippen molar-refractivity contribution >= 4 is 27.4 Å². The predicted octanol–water partition coefficient (Wildman–Crippen LogP) is 1.38. The Balaban J connectivity index is 2.77. The fraction of sp³-hybridized carbons (Fsp3) is 0.462. The molecular weight excluding hydrogens is 280 g/mol. The molecular formula is C13H20N2O4S. The monoisotopic (exact) mass is 300 g/mol. The molecule has 0 aliphatic rings. The maximum absolute atomic E-state index is 12.3. The molecule has 112 valence electrons. The standard InChI is InChI=1S/C13H20N2O4S/c1-3-15(12-8-6-11(14)7-9-12)20(17,18)10-4-5-13(16)19-2/h6-9H,3-5,10,14H2,1-2H3. The maximum atomic E-state index is 12.3. The number of carbonyl (C=O) groups excluding carboxylic acids is 1. The number of nitrogens with zero attached hydrogens (tertiary/aromatic N) is 1. The van der Waals surface area contributed by atoms with E-state index in [9.17, 15) is 13.2 Å². The molecule has 0 spiro atoms. The molecule has 0 unspecified atom stereocenters. The third kappa shape index (κ3) is 4.41. The van der Waals surface area contributed by atoms with Crippen LogP contribution in [0, 0.1) is 0 Å². The van der Waals surface area contributed by atoms with Crippen molar-refractivity contribution in [3.63, 3.8) is 0 Å². The van der Waals surface area contributed by atoms with E-state index >= 15 is 0 Å². The van der Waals surface area contributed by atoms with Gasteiger partial charge in [-0.1, -0.05) is 0 Å². The van der Waals surface area contributed by atoms with Gasteiger partial charge in [-0.2, -0.15) is 0 Å². The van der Waals surface area contributed by atoms with Crippen LogP contribution in [0.25, 0.3) is 0 Å². The number of esters is 1. The molecule has 0 amide bonds. The summed E-state index contributed by atoms with van der Waals surface area (Å²) in [5.41, 5.74) is 6.73. The third-order valence-corrected chi connectivity index (χ3v) is 4.76. The van der Waals surface area contributed by atoms with Gasteiger partial charge in [-0.15, -0.1) is 0 Å². The number of benzene rings is 1. The lowest BCUT2D eigenvalue weighted by molar-refractivity contribution is -0.140. The summed E-state index contributed by atoms with van der Waals surface area (Å²) in [6.07, 6.45) is 0.329. The quantitative estimate of drug-likeness (QED) is 0.607. The highest BCUT2D eigenvalue weighted by Crippen LogP contribution is 2.20. The molecule has 2 N–H and O–H groups in total. The van der Waals surface area contributed by atoms with Gasteiger partial charge in [0.25, 0.3) is 0 Å². The number of hydrogen-bond acceptors (Lipinski definition) is 5. The summed E-state index contributed by atoms with van der Waals surface area (Å²) in [7, 11) is -2.18. The molecule has 1 aromatic rings. The van der Waals surface area contributed by atoms with Gasteiger partial charge >= 0.3 is 5.97 Å². The minimum absolute atomic E-state index is 0.0923. The molecule has 1 aromatic carbocycles. The first kappa shape index (κ1) is 16.3. The van der Waals surface area contributed by atoms with Gasteiger partial charge in [0.15, 0.2) is 0 Å². The van der Waals surface area contributed by atoms with E-state index in [-0.39, 0.29) is 18.6 Å². The number of rotatable bonds is 7. The summed E-state index contributed by atoms with van der Waals surface area (Å²) in [6.45, 7) is 2.08. The van der Waals surface area contributed by atoms with Crippen molar-refractivity contribution in [1.29, 1.82) is 0 Å². The largest absolute Gasteiger partial charge is 0.469 e. The molecule has 1 rings (SSSR count). The molecule has 0 fully saturated rings. The Hall–Kier alpha value is -1.76. The Kier molecular flexibility index (Phi) is 5.82. The van der Waals surface area contributed by atoms with E-state index in [0.717, 1.165) is 0 Å². The van der Waals surface area contributed by atoms with E-state index in [4.69, 9.17) is 5.73 Å². The van der Waals surface area contributed by atoms with Crippen LogP contribution in [0.1, 0.15) is 19.8 Å². The fourth-order valence-corrected chi connectivity index (χ4v) is 3.36. The molecule has 6 nitrogen and oxygen atoms in total. The highest BCUT2D eigenvalue weighted by atomic mass is 32.2. The number of anilines is 2. The van der Waals surface area contributed by atoms with Gasteiger partial charge in [0.2, 0.25) is 10.0 Å². The minimum Gasteiger partial charge on any atom is -0.469 e. The second-order valence-electron chi connectivity index (χ2n) is 4.25. The lowest BCUT2D eigenvalue weighted by atomic mass is 10.3. The van der Waals surface area contributed by atoms with E-state index in [1.54, 1.807) is 31.2 Å². The van der Waals surface area contributed by atoms with Crippen LogP contribution in [0.3, 0.4) is 0 Å². The van der Waals surface area contributed by atoms with E-state index in [2.05, 4.69) is 4.74 Å². The van der Waals surface area contributed by atoms with Crippen molar-refractivity contribution < 1.29 is 17.9 Å². The molecule has 0 atom stereocenters. The van der Waals surface area contributed by atoms with Crippen LogP contribution in [-0.2, 0) is 19.6 Å². The van der Waals surface area contributed by atoms with Gasteiger partial charge in [-0.3, -0.25) is 9.10 Å². The molecule has 0 saturated heterocycles. The number of sulfonamides is 1. The lowest BCUT2D eigenvalue weighted by Gasteiger charge is -2.22. The van der Waals surface area contributed by atoms with Crippen molar-refractivity contribution in [3.8, 4) is 0 Å². The zero-order valence-electron chi connectivity index (χ0n) is 11.7. The summed E-state index contributed by atoms with van der Waals surface area (Å²) in [6, 6.07) is 6.64. The molecule has 0 radical (unpaired) electrons. The zero-order chi connectivity index (χ0) is 15.2. The van der Waals surface area contributed by atoms with Gasteiger partial charge < -0.3 is 10.5 Å². The Labute approximate surface area is 119 Å². The average molecular weight is 300 g/mol. The summed E-state index contributed by atoms with van der Waals surface area (Å²) >= 11 is 0. The van der Waals surface area contributed by atoms with E-state index in [1.165, 1.54) is 11.4 Å². The Bertz CT molecular complexity index is 540. The third-order valence-electron chi connectivity index (χ3n) is 2.81. The first-order chi connectivity index (χ1) is 9.40. The minimum atomic E-state index is -3.46. The van der Waals surface area contributed by atoms with Crippen molar-refractivity contribution in [2.45, 2.75) is 19.8 Å². The van der Waals surface area contributed by atoms with Gasteiger partial charge in [0, 0.05) is 18.7 Å². The van der Waals surface area contributed by atoms with Crippen LogP contribution in [0.15, 0.2) is 24.3 Å². The molecule has 0 bridgehead atoms. The summed E-state index contributed by atoms with van der Waals surface area (Å²) in [5, 5.41) is 0. The smallest absolute Gasteiger partial charge is 0.305 e. The SMILES string of the molecule is CCN(c1ccc(N)cc1)S(=O)(=O)CCCC(=O)OC. The number of ether oxygens (including phenoxy) is 1. The first-order valence-electron chi connectivity index (χ1n) is 6.33. The Morgan fingerprint density at radius 3 is 2.40 bits per heavy atom. The van der Waals surface area contributed by atoms with Gasteiger partial charge in [0.1, 0.15) is 0 Å². The number of hydrogen-bond donors (Lipinski definition) is 1. The normalized spacial score (nSPS) is 11.1. The number of methoxy groups -OCH3 is 1. The second kappa shape index (κ2) is 7.14. The topological polar surface area (TPSA) is 89.7 Å². The van der Waals surface area contributed by atoms with Crippen LogP contribution in [0.2, 0.25) is 0 Å². The number of nitrogens with two attached hydrogens (primary N) is 1. The predicted molar refractivity (Wildman–Crippen MR) is 78.9 cm³/mol. The lowest BCUT2D eigenvalue weighted by Crippen LogP contribution is -2.33. The molecule has 0 saturated carbocycles. The highest BCUT2D eigenvalue weighted by molar-refractivity contribution is 7.92. The maximum Gasteiger partial charge on any atom is 0.305 e. The first-order valence-corrected chi connectivity index (χ1v) is 7.94. The van der Waals surface area contributed by atoms with Gasteiger partial charge in [-0.05, 0) is 37.6 Å². The summed E-state index contributed by atoms with van der Waals surface area (Å²) in [5.74, 6) is -0.504. The van der Waals surface area contributed by atoms with Crippen molar-refractivity contribution in [2.75, 3.05) is 29.4 Å². The van der Waals surface area contributed by atoms with E-state index in [0.29, 0.717) is 17.9 Å². The Morgan fingerprint density at radius 1 is 1.30 bits per heavy atom. The molecule has 0 heterocycles. The van der Waals surface area contributed by atoms with Crippen LogP contribution in [0.5, 0.6) is 0 Å². The number of nitrogen functional groups attached to an aromatic ring is 1. The van der Waals surface area contributed by atoms with E-state index in [1.807, 2.05) is 0 Å². The second-order valence-corrected chi connectivity index (χ2v) is 6.26. The fourth-order valence-electron chi connectivity index (χ4n) is 1.79. The van der Waals surface area contributed by atoms with Crippen molar-refractivity contribution in [2.24, 2.45) is 0 Å². The van der Waals surface area contributed by atoms with Crippen LogP contribution >= 0.6 is 0 Å². The highest BCUT2D eigenvalue weighted by Gasteiger charge is 2.21. The molecule has 0 aliphatic heterocycles. The van der Waals surface area contributed by atoms with E-state index < -0.39 is 16.0 Å². The average Bonchev–Trinajstić information content (AvgIpc) is 2.41.